The maximum atomic E-state index is 12.0. The van der Waals surface area contributed by atoms with Gasteiger partial charge in [-0.05, 0) is 12.8 Å². The van der Waals surface area contributed by atoms with Crippen LogP contribution in [0.15, 0.2) is 0 Å². The summed E-state index contributed by atoms with van der Waals surface area (Å²) in [5, 5.41) is -0.315. The van der Waals surface area contributed by atoms with Gasteiger partial charge in [0.1, 0.15) is 6.04 Å². The van der Waals surface area contributed by atoms with Crippen LogP contribution >= 0.6 is 0 Å². The van der Waals surface area contributed by atoms with Crippen molar-refractivity contribution in [3.63, 3.8) is 0 Å². The van der Waals surface area contributed by atoms with Gasteiger partial charge in [0, 0.05) is 20.1 Å². The molecule has 0 spiro atoms. The topological polar surface area (TPSA) is 89.7 Å². The van der Waals surface area contributed by atoms with E-state index in [1.807, 2.05) is 0 Å². The van der Waals surface area contributed by atoms with Crippen LogP contribution in [-0.2, 0) is 19.6 Å². The number of nitrogens with zero attached hydrogens (tertiary/aromatic N) is 1. The molecule has 1 aliphatic carbocycles. The molecule has 2 atom stereocenters. The van der Waals surface area contributed by atoms with Gasteiger partial charge in [0.25, 0.3) is 0 Å². The summed E-state index contributed by atoms with van der Waals surface area (Å²) in [6.07, 6.45) is 1.49. The molecule has 92 valence electrons. The highest BCUT2D eigenvalue weighted by molar-refractivity contribution is 7.90. The van der Waals surface area contributed by atoms with Crippen molar-refractivity contribution in [1.29, 1.82) is 0 Å². The van der Waals surface area contributed by atoms with Crippen molar-refractivity contribution in [3.05, 3.63) is 0 Å². The first-order valence-corrected chi connectivity index (χ1v) is 6.80. The summed E-state index contributed by atoms with van der Waals surface area (Å²) in [7, 11) is -1.84. The molecule has 1 heterocycles. The van der Waals surface area contributed by atoms with Gasteiger partial charge in [0.15, 0.2) is 0 Å². The largest absolute Gasteiger partial charge is 0.380 e. The zero-order valence-corrected chi connectivity index (χ0v) is 9.94. The van der Waals surface area contributed by atoms with E-state index in [4.69, 9.17) is 10.5 Å². The number of primary amides is 1. The number of amides is 1. The Balaban J connectivity index is 2.21. The first kappa shape index (κ1) is 11.8. The molecular weight excluding hydrogens is 232 g/mol. The van der Waals surface area contributed by atoms with Gasteiger partial charge in [-0.15, -0.1) is 0 Å². The molecule has 2 aliphatic rings. The molecule has 1 aliphatic heterocycles. The molecule has 0 aromatic rings. The molecule has 1 saturated heterocycles. The zero-order chi connectivity index (χ0) is 11.9. The Morgan fingerprint density at radius 2 is 2.06 bits per heavy atom. The van der Waals surface area contributed by atoms with Crippen LogP contribution in [0.2, 0.25) is 0 Å². The molecule has 1 amide bonds. The third-order valence-electron chi connectivity index (χ3n) is 3.15. The molecule has 0 bridgehead atoms. The Morgan fingerprint density at radius 1 is 1.44 bits per heavy atom. The van der Waals surface area contributed by atoms with Crippen molar-refractivity contribution in [2.24, 2.45) is 5.73 Å². The summed E-state index contributed by atoms with van der Waals surface area (Å²) in [5.74, 6) is -0.594. The van der Waals surface area contributed by atoms with E-state index in [2.05, 4.69) is 0 Å². The number of carbonyl (C=O) groups excluding carboxylic acids is 1. The number of sulfonamides is 1. The Morgan fingerprint density at radius 3 is 2.50 bits per heavy atom. The molecular formula is C9H16N2O4S. The van der Waals surface area contributed by atoms with Crippen molar-refractivity contribution in [1.82, 2.24) is 4.31 Å². The molecule has 0 aromatic heterocycles. The lowest BCUT2D eigenvalue weighted by Crippen LogP contribution is -2.45. The van der Waals surface area contributed by atoms with E-state index in [1.54, 1.807) is 0 Å². The fourth-order valence-corrected chi connectivity index (χ4v) is 4.07. The Labute approximate surface area is 94.8 Å². The first-order chi connectivity index (χ1) is 7.46. The van der Waals surface area contributed by atoms with Gasteiger partial charge >= 0.3 is 0 Å². The van der Waals surface area contributed by atoms with Gasteiger partial charge in [0.2, 0.25) is 15.9 Å². The van der Waals surface area contributed by atoms with Gasteiger partial charge in [-0.1, -0.05) is 0 Å². The van der Waals surface area contributed by atoms with E-state index < -0.39 is 22.0 Å². The molecule has 1 saturated carbocycles. The van der Waals surface area contributed by atoms with Crippen molar-refractivity contribution in [2.75, 3.05) is 13.7 Å². The van der Waals surface area contributed by atoms with Crippen LogP contribution in [0.25, 0.3) is 0 Å². The molecule has 16 heavy (non-hydrogen) atoms. The van der Waals surface area contributed by atoms with Crippen molar-refractivity contribution >= 4 is 15.9 Å². The lowest BCUT2D eigenvalue weighted by molar-refractivity contribution is -0.121. The fourth-order valence-electron chi connectivity index (χ4n) is 2.04. The predicted octanol–water partition coefficient (Wildman–Crippen LogP) is -0.947. The van der Waals surface area contributed by atoms with Crippen LogP contribution < -0.4 is 5.73 Å². The summed E-state index contributed by atoms with van der Waals surface area (Å²) in [4.78, 5) is 11.2. The van der Waals surface area contributed by atoms with Crippen LogP contribution in [0.3, 0.4) is 0 Å². The van der Waals surface area contributed by atoms with Gasteiger partial charge in [-0.2, -0.15) is 4.31 Å². The van der Waals surface area contributed by atoms with Crippen LogP contribution in [0.5, 0.6) is 0 Å². The Hall–Kier alpha value is -0.660. The molecule has 0 radical (unpaired) electrons. The molecule has 2 N–H and O–H groups in total. The van der Waals surface area contributed by atoms with E-state index in [0.29, 0.717) is 19.3 Å². The Kier molecular flexibility index (Phi) is 2.93. The predicted molar refractivity (Wildman–Crippen MR) is 57.0 cm³/mol. The SMILES string of the molecule is CO[C@H]1C[C@@H](C(N)=O)N(S(=O)(=O)C2CC2)C1. The van der Waals surface area contributed by atoms with Gasteiger partial charge in [-0.3, -0.25) is 4.79 Å². The van der Waals surface area contributed by atoms with Gasteiger partial charge in [-0.25, -0.2) is 8.42 Å². The molecule has 2 rings (SSSR count). The van der Waals surface area contributed by atoms with Crippen molar-refractivity contribution in [3.8, 4) is 0 Å². The minimum Gasteiger partial charge on any atom is -0.380 e. The highest BCUT2D eigenvalue weighted by Gasteiger charge is 2.48. The summed E-state index contributed by atoms with van der Waals surface area (Å²) < 4.78 is 30.4. The molecule has 6 nitrogen and oxygen atoms in total. The number of hydrogen-bond donors (Lipinski definition) is 1. The number of hydrogen-bond acceptors (Lipinski definition) is 4. The quantitative estimate of drug-likeness (QED) is 0.695. The number of methoxy groups -OCH3 is 1. The second-order valence-electron chi connectivity index (χ2n) is 4.33. The first-order valence-electron chi connectivity index (χ1n) is 5.29. The number of carbonyl (C=O) groups is 1. The number of ether oxygens (including phenoxy) is 1. The highest BCUT2D eigenvalue weighted by atomic mass is 32.2. The number of nitrogens with two attached hydrogens (primary N) is 1. The number of rotatable bonds is 4. The molecule has 0 unspecified atom stereocenters. The van der Waals surface area contributed by atoms with Crippen molar-refractivity contribution in [2.45, 2.75) is 36.7 Å². The third-order valence-corrected chi connectivity index (χ3v) is 5.52. The zero-order valence-electron chi connectivity index (χ0n) is 9.13. The van der Waals surface area contributed by atoms with E-state index in [1.165, 1.54) is 11.4 Å². The highest BCUT2D eigenvalue weighted by Crippen LogP contribution is 2.35. The minimum absolute atomic E-state index is 0.231. The average molecular weight is 248 g/mol. The van der Waals surface area contributed by atoms with E-state index in [9.17, 15) is 13.2 Å². The maximum absolute atomic E-state index is 12.0. The summed E-state index contributed by atoms with van der Waals surface area (Å²) in [6, 6.07) is -0.740. The molecule has 2 fully saturated rings. The minimum atomic E-state index is -3.35. The van der Waals surface area contributed by atoms with Gasteiger partial charge < -0.3 is 10.5 Å². The summed E-state index contributed by atoms with van der Waals surface area (Å²) in [6.45, 7) is 0.239. The second-order valence-corrected chi connectivity index (χ2v) is 6.49. The average Bonchev–Trinajstić information content (AvgIpc) is 2.97. The van der Waals surface area contributed by atoms with Crippen molar-refractivity contribution < 1.29 is 17.9 Å². The molecule has 0 aromatic carbocycles. The fraction of sp³-hybridized carbons (Fsp3) is 0.889. The van der Waals surface area contributed by atoms with Crippen LogP contribution in [-0.4, -0.2) is 49.7 Å². The third kappa shape index (κ3) is 1.94. The van der Waals surface area contributed by atoms with Gasteiger partial charge in [0.05, 0.1) is 11.4 Å². The van der Waals surface area contributed by atoms with E-state index in [0.717, 1.165) is 0 Å². The summed E-state index contributed by atoms with van der Waals surface area (Å²) in [5.41, 5.74) is 5.22. The molecule has 7 heteroatoms. The maximum Gasteiger partial charge on any atom is 0.235 e. The summed E-state index contributed by atoms with van der Waals surface area (Å²) >= 11 is 0. The normalized spacial score (nSPS) is 31.8. The lowest BCUT2D eigenvalue weighted by atomic mass is 10.2. The van der Waals surface area contributed by atoms with E-state index >= 15 is 0 Å². The van der Waals surface area contributed by atoms with Crippen LogP contribution in [0, 0.1) is 0 Å². The van der Waals surface area contributed by atoms with Crippen LogP contribution in [0.1, 0.15) is 19.3 Å². The second kappa shape index (κ2) is 3.97. The lowest BCUT2D eigenvalue weighted by Gasteiger charge is -2.20. The standard InChI is InChI=1S/C9H16N2O4S/c1-15-6-4-8(9(10)12)11(5-6)16(13,14)7-2-3-7/h6-8H,2-5H2,1H3,(H2,10,12)/t6-,8-/m0/s1. The monoisotopic (exact) mass is 248 g/mol. The van der Waals surface area contributed by atoms with Crippen LogP contribution in [0.4, 0.5) is 0 Å². The smallest absolute Gasteiger partial charge is 0.235 e. The Bertz CT molecular complexity index is 390. The van der Waals surface area contributed by atoms with E-state index in [-0.39, 0.29) is 17.9 Å².